The summed E-state index contributed by atoms with van der Waals surface area (Å²) in [6.45, 7) is 6.38. The first-order valence-electron chi connectivity index (χ1n) is 6.48. The van der Waals surface area contributed by atoms with Gasteiger partial charge in [0, 0.05) is 18.3 Å². The molecule has 0 aliphatic carbocycles. The fourth-order valence-corrected chi connectivity index (χ4v) is 1.94. The number of benzene rings is 1. The molecule has 0 saturated heterocycles. The van der Waals surface area contributed by atoms with Crippen LogP contribution in [0, 0.1) is 6.92 Å². The highest BCUT2D eigenvalue weighted by molar-refractivity contribution is 5.64. The van der Waals surface area contributed by atoms with Crippen molar-refractivity contribution in [2.75, 3.05) is 17.7 Å². The highest BCUT2D eigenvalue weighted by Gasteiger charge is 2.06. The minimum atomic E-state index is 0.515. The first-order chi connectivity index (χ1) is 9.11. The monoisotopic (exact) mass is 256 g/mol. The zero-order valence-electron chi connectivity index (χ0n) is 11.9. The van der Waals surface area contributed by atoms with Gasteiger partial charge in [0.2, 0.25) is 0 Å². The van der Waals surface area contributed by atoms with E-state index in [2.05, 4.69) is 52.6 Å². The van der Waals surface area contributed by atoms with E-state index >= 15 is 0 Å². The van der Waals surface area contributed by atoms with Gasteiger partial charge < -0.3 is 10.6 Å². The summed E-state index contributed by atoms with van der Waals surface area (Å²) in [6, 6.07) is 8.41. The van der Waals surface area contributed by atoms with Gasteiger partial charge in [-0.1, -0.05) is 26.0 Å². The molecule has 0 spiro atoms. The molecule has 2 rings (SSSR count). The molecule has 0 amide bonds. The van der Waals surface area contributed by atoms with Gasteiger partial charge in [-0.15, -0.1) is 0 Å². The summed E-state index contributed by atoms with van der Waals surface area (Å²) in [6.07, 6.45) is 1.56. The van der Waals surface area contributed by atoms with Crippen LogP contribution in [0.3, 0.4) is 0 Å². The molecule has 0 saturated carbocycles. The van der Waals surface area contributed by atoms with Crippen molar-refractivity contribution in [3.05, 3.63) is 41.7 Å². The van der Waals surface area contributed by atoms with Crippen LogP contribution in [-0.2, 0) is 0 Å². The minimum absolute atomic E-state index is 0.515. The Bertz CT molecular complexity index is 564. The van der Waals surface area contributed by atoms with Crippen LogP contribution in [-0.4, -0.2) is 17.0 Å². The minimum Gasteiger partial charge on any atom is -0.373 e. The highest BCUT2D eigenvalue weighted by Crippen LogP contribution is 2.24. The van der Waals surface area contributed by atoms with E-state index in [0.717, 1.165) is 22.9 Å². The predicted molar refractivity (Wildman–Crippen MR) is 80.1 cm³/mol. The number of nitrogens with one attached hydrogen (secondary N) is 2. The summed E-state index contributed by atoms with van der Waals surface area (Å²) in [5.74, 6) is 2.19. The lowest BCUT2D eigenvalue weighted by Crippen LogP contribution is -2.02. The molecule has 1 aromatic heterocycles. The number of nitrogens with zero attached hydrogens (tertiary/aromatic N) is 2. The van der Waals surface area contributed by atoms with Crippen molar-refractivity contribution in [2.24, 2.45) is 0 Å². The van der Waals surface area contributed by atoms with Gasteiger partial charge in [0.1, 0.15) is 18.0 Å². The van der Waals surface area contributed by atoms with Gasteiger partial charge in [-0.05, 0) is 30.5 Å². The van der Waals surface area contributed by atoms with Gasteiger partial charge in [-0.3, -0.25) is 0 Å². The second-order valence-electron chi connectivity index (χ2n) is 4.85. The molecule has 0 aliphatic rings. The van der Waals surface area contributed by atoms with E-state index in [1.807, 2.05) is 20.0 Å². The highest BCUT2D eigenvalue weighted by atomic mass is 15.1. The summed E-state index contributed by atoms with van der Waals surface area (Å²) in [5.41, 5.74) is 3.38. The van der Waals surface area contributed by atoms with E-state index < -0.39 is 0 Å². The van der Waals surface area contributed by atoms with E-state index in [1.165, 1.54) is 5.56 Å². The van der Waals surface area contributed by atoms with E-state index in [0.29, 0.717) is 5.92 Å². The van der Waals surface area contributed by atoms with Crippen molar-refractivity contribution in [2.45, 2.75) is 26.7 Å². The third kappa shape index (κ3) is 3.02. The van der Waals surface area contributed by atoms with Crippen LogP contribution in [0.5, 0.6) is 0 Å². The molecule has 0 bridgehead atoms. The maximum atomic E-state index is 4.29. The van der Waals surface area contributed by atoms with Crippen molar-refractivity contribution in [3.63, 3.8) is 0 Å². The maximum absolute atomic E-state index is 4.29. The lowest BCUT2D eigenvalue weighted by molar-refractivity contribution is 0.867. The van der Waals surface area contributed by atoms with Crippen molar-refractivity contribution in [1.82, 2.24) is 9.97 Å². The first-order valence-corrected chi connectivity index (χ1v) is 6.48. The van der Waals surface area contributed by atoms with Crippen LogP contribution in [0.4, 0.5) is 17.3 Å². The van der Waals surface area contributed by atoms with Crippen molar-refractivity contribution >= 4 is 17.3 Å². The molecular formula is C15H20N4. The molecule has 19 heavy (non-hydrogen) atoms. The SMILES string of the molecule is CNc1ncnc(Nc2cccc(C(C)C)c2)c1C. The fraction of sp³-hybridized carbons (Fsp3) is 0.333. The van der Waals surface area contributed by atoms with Gasteiger partial charge in [0.25, 0.3) is 0 Å². The molecule has 4 nitrogen and oxygen atoms in total. The molecule has 0 unspecified atom stereocenters. The Labute approximate surface area is 114 Å². The van der Waals surface area contributed by atoms with Crippen molar-refractivity contribution < 1.29 is 0 Å². The summed E-state index contributed by atoms with van der Waals surface area (Å²) in [5, 5.41) is 6.41. The lowest BCUT2D eigenvalue weighted by atomic mass is 10.0. The van der Waals surface area contributed by atoms with Crippen LogP contribution >= 0.6 is 0 Å². The molecule has 0 radical (unpaired) electrons. The average Bonchev–Trinajstić information content (AvgIpc) is 2.41. The Morgan fingerprint density at radius 2 is 1.84 bits per heavy atom. The van der Waals surface area contributed by atoms with Gasteiger partial charge in [0.15, 0.2) is 0 Å². The molecule has 0 atom stereocenters. The maximum Gasteiger partial charge on any atom is 0.138 e. The van der Waals surface area contributed by atoms with Crippen molar-refractivity contribution in [3.8, 4) is 0 Å². The summed E-state index contributed by atoms with van der Waals surface area (Å²) < 4.78 is 0. The van der Waals surface area contributed by atoms with Gasteiger partial charge >= 0.3 is 0 Å². The molecule has 1 heterocycles. The Morgan fingerprint density at radius 1 is 1.11 bits per heavy atom. The summed E-state index contributed by atoms with van der Waals surface area (Å²) in [4.78, 5) is 8.48. The number of rotatable bonds is 4. The zero-order valence-corrected chi connectivity index (χ0v) is 11.9. The Kier molecular flexibility index (Phi) is 4.00. The first kappa shape index (κ1) is 13.3. The van der Waals surface area contributed by atoms with E-state index in [4.69, 9.17) is 0 Å². The molecule has 100 valence electrons. The van der Waals surface area contributed by atoms with Crippen LogP contribution in [0.2, 0.25) is 0 Å². The quantitative estimate of drug-likeness (QED) is 0.876. The standard InChI is InChI=1S/C15H20N4/c1-10(2)12-6-5-7-13(8-12)19-15-11(3)14(16-4)17-9-18-15/h5-10H,1-4H3,(H2,16,17,18,19). The smallest absolute Gasteiger partial charge is 0.138 e. The van der Waals surface area contributed by atoms with Crippen molar-refractivity contribution in [1.29, 1.82) is 0 Å². The topological polar surface area (TPSA) is 49.8 Å². The number of hydrogen-bond donors (Lipinski definition) is 2. The summed E-state index contributed by atoms with van der Waals surface area (Å²) >= 11 is 0. The third-order valence-electron chi connectivity index (χ3n) is 3.14. The van der Waals surface area contributed by atoms with Crippen LogP contribution in [0.1, 0.15) is 30.9 Å². The second kappa shape index (κ2) is 5.69. The number of anilines is 3. The van der Waals surface area contributed by atoms with Gasteiger partial charge in [-0.2, -0.15) is 0 Å². The Morgan fingerprint density at radius 3 is 2.53 bits per heavy atom. The van der Waals surface area contributed by atoms with Crippen LogP contribution < -0.4 is 10.6 Å². The largest absolute Gasteiger partial charge is 0.373 e. The lowest BCUT2D eigenvalue weighted by Gasteiger charge is -2.12. The molecule has 1 aromatic carbocycles. The third-order valence-corrected chi connectivity index (χ3v) is 3.14. The number of aromatic nitrogens is 2. The van der Waals surface area contributed by atoms with Crippen LogP contribution in [0.25, 0.3) is 0 Å². The fourth-order valence-electron chi connectivity index (χ4n) is 1.94. The molecule has 2 N–H and O–H groups in total. The zero-order chi connectivity index (χ0) is 13.8. The van der Waals surface area contributed by atoms with Gasteiger partial charge in [0.05, 0.1) is 0 Å². The normalized spacial score (nSPS) is 10.6. The van der Waals surface area contributed by atoms with E-state index in [1.54, 1.807) is 6.33 Å². The molecule has 4 heteroatoms. The molecule has 0 fully saturated rings. The Hall–Kier alpha value is -2.10. The molecular weight excluding hydrogens is 236 g/mol. The van der Waals surface area contributed by atoms with Crippen LogP contribution in [0.15, 0.2) is 30.6 Å². The van der Waals surface area contributed by atoms with E-state index in [9.17, 15) is 0 Å². The van der Waals surface area contributed by atoms with E-state index in [-0.39, 0.29) is 0 Å². The average molecular weight is 256 g/mol. The summed E-state index contributed by atoms with van der Waals surface area (Å²) in [7, 11) is 1.86. The second-order valence-corrected chi connectivity index (χ2v) is 4.85. The van der Waals surface area contributed by atoms with Gasteiger partial charge in [-0.25, -0.2) is 9.97 Å². The predicted octanol–water partition coefficient (Wildman–Crippen LogP) is 3.69. The Balaban J connectivity index is 2.28. The molecule has 0 aliphatic heterocycles. The molecule has 2 aromatic rings. The number of hydrogen-bond acceptors (Lipinski definition) is 4.